The third-order valence-electron chi connectivity index (χ3n) is 4.73. The molecule has 1 amide bonds. The first-order valence-corrected chi connectivity index (χ1v) is 9.96. The first kappa shape index (κ1) is 22.7. The Morgan fingerprint density at radius 3 is 2.59 bits per heavy atom. The Morgan fingerprint density at radius 1 is 1.09 bits per heavy atom. The number of alkyl halides is 3. The number of amides is 1. The van der Waals surface area contributed by atoms with Gasteiger partial charge in [-0.05, 0) is 30.3 Å². The summed E-state index contributed by atoms with van der Waals surface area (Å²) in [7, 11) is 0. The van der Waals surface area contributed by atoms with Crippen LogP contribution < -0.4 is 15.4 Å². The van der Waals surface area contributed by atoms with Crippen LogP contribution in [-0.2, 0) is 6.54 Å². The van der Waals surface area contributed by atoms with Gasteiger partial charge in [-0.3, -0.25) is 9.59 Å². The lowest BCUT2D eigenvalue weighted by molar-refractivity contribution is -0.274. The SMILES string of the molecule is O=Cc1ccccc1C(=O)NCCn1ncc2c(Nc3ccc(OC(F)(F)F)cc3)ncnc21. The van der Waals surface area contributed by atoms with Crippen LogP contribution in [0.1, 0.15) is 20.7 Å². The molecule has 9 nitrogen and oxygen atoms in total. The number of benzene rings is 2. The summed E-state index contributed by atoms with van der Waals surface area (Å²) >= 11 is 0. The Kier molecular flexibility index (Phi) is 6.39. The van der Waals surface area contributed by atoms with Crippen LogP contribution in [0.5, 0.6) is 5.75 Å². The molecule has 0 aliphatic rings. The van der Waals surface area contributed by atoms with Crippen molar-refractivity contribution in [3.8, 4) is 5.75 Å². The van der Waals surface area contributed by atoms with Gasteiger partial charge in [0, 0.05) is 23.4 Å². The van der Waals surface area contributed by atoms with Gasteiger partial charge >= 0.3 is 6.36 Å². The molecule has 2 heterocycles. The number of carbonyl (C=O) groups excluding carboxylic acids is 2. The van der Waals surface area contributed by atoms with Gasteiger partial charge in [0.15, 0.2) is 11.9 Å². The zero-order valence-corrected chi connectivity index (χ0v) is 17.4. The number of aldehydes is 1. The molecular weight excluding hydrogens is 453 g/mol. The molecular formula is C22H17F3N6O3. The molecule has 2 aromatic heterocycles. The van der Waals surface area contributed by atoms with Gasteiger partial charge in [0.05, 0.1) is 18.1 Å². The van der Waals surface area contributed by atoms with Crippen LogP contribution in [0.25, 0.3) is 11.0 Å². The van der Waals surface area contributed by atoms with Gasteiger partial charge in [0.2, 0.25) is 0 Å². The molecule has 34 heavy (non-hydrogen) atoms. The van der Waals surface area contributed by atoms with E-state index in [9.17, 15) is 22.8 Å². The lowest BCUT2D eigenvalue weighted by Gasteiger charge is -2.10. The van der Waals surface area contributed by atoms with Crippen molar-refractivity contribution in [2.24, 2.45) is 0 Å². The van der Waals surface area contributed by atoms with E-state index in [4.69, 9.17) is 0 Å². The molecule has 0 unspecified atom stereocenters. The molecule has 174 valence electrons. The lowest BCUT2D eigenvalue weighted by atomic mass is 10.1. The number of aromatic nitrogens is 4. The van der Waals surface area contributed by atoms with Gasteiger partial charge in [-0.25, -0.2) is 14.6 Å². The Balaban J connectivity index is 1.42. The van der Waals surface area contributed by atoms with Crippen LogP contribution in [-0.4, -0.2) is 44.8 Å². The molecule has 0 spiro atoms. The van der Waals surface area contributed by atoms with Crippen molar-refractivity contribution in [2.75, 3.05) is 11.9 Å². The predicted octanol–water partition coefficient (Wildman–Crippen LogP) is 3.71. The number of halogens is 3. The predicted molar refractivity (Wildman–Crippen MR) is 116 cm³/mol. The number of anilines is 2. The Labute approximate surface area is 190 Å². The molecule has 0 saturated heterocycles. The van der Waals surface area contributed by atoms with Gasteiger partial charge in [0.1, 0.15) is 17.9 Å². The summed E-state index contributed by atoms with van der Waals surface area (Å²) in [5, 5.41) is 10.6. The number of hydrogen-bond acceptors (Lipinski definition) is 7. The van der Waals surface area contributed by atoms with Crippen LogP contribution in [0.3, 0.4) is 0 Å². The van der Waals surface area contributed by atoms with Gasteiger partial charge < -0.3 is 15.4 Å². The molecule has 0 atom stereocenters. The maximum absolute atomic E-state index is 12.4. The van der Waals surface area contributed by atoms with Crippen LogP contribution >= 0.6 is 0 Å². The van der Waals surface area contributed by atoms with Crippen molar-refractivity contribution in [3.63, 3.8) is 0 Å². The molecule has 12 heteroatoms. The van der Waals surface area contributed by atoms with E-state index in [1.807, 2.05) is 0 Å². The second-order valence-corrected chi connectivity index (χ2v) is 6.99. The normalized spacial score (nSPS) is 11.3. The largest absolute Gasteiger partial charge is 0.573 e. The van der Waals surface area contributed by atoms with E-state index >= 15 is 0 Å². The number of rotatable bonds is 8. The summed E-state index contributed by atoms with van der Waals surface area (Å²) in [6, 6.07) is 11.7. The first-order chi connectivity index (χ1) is 16.3. The maximum Gasteiger partial charge on any atom is 0.573 e. The topological polar surface area (TPSA) is 111 Å². The Morgan fingerprint density at radius 2 is 1.85 bits per heavy atom. The van der Waals surface area contributed by atoms with Crippen LogP contribution in [0.4, 0.5) is 24.7 Å². The molecule has 2 aromatic carbocycles. The fourth-order valence-corrected chi connectivity index (χ4v) is 3.21. The molecule has 0 radical (unpaired) electrons. The second-order valence-electron chi connectivity index (χ2n) is 6.99. The fraction of sp³-hybridized carbons (Fsp3) is 0.136. The zero-order valence-electron chi connectivity index (χ0n) is 17.4. The Bertz CT molecular complexity index is 1320. The smallest absolute Gasteiger partial charge is 0.406 e. The number of nitrogens with zero attached hydrogens (tertiary/aromatic N) is 4. The highest BCUT2D eigenvalue weighted by atomic mass is 19.4. The number of ether oxygens (including phenoxy) is 1. The summed E-state index contributed by atoms with van der Waals surface area (Å²) in [6.45, 7) is 0.536. The van der Waals surface area contributed by atoms with Gasteiger partial charge in [0.25, 0.3) is 5.91 Å². The number of fused-ring (bicyclic) bond motifs is 1. The molecule has 0 aliphatic carbocycles. The van der Waals surface area contributed by atoms with Crippen molar-refractivity contribution >= 4 is 34.7 Å². The molecule has 4 aromatic rings. The Hall–Kier alpha value is -4.48. The summed E-state index contributed by atoms with van der Waals surface area (Å²) in [6.07, 6.45) is -1.27. The standard InChI is InChI=1S/C22H17F3N6O3/c23-22(24,25)34-16-7-5-15(6-8-16)30-19-18-11-29-31(20(18)28-13-27-19)10-9-26-21(33)17-4-2-1-3-14(17)12-32/h1-8,11-13H,9-10H2,(H,26,33)(H,27,28,30). The van der Waals surface area contributed by atoms with E-state index < -0.39 is 6.36 Å². The van der Waals surface area contributed by atoms with Gasteiger partial charge in [-0.15, -0.1) is 13.2 Å². The fourth-order valence-electron chi connectivity index (χ4n) is 3.21. The van der Waals surface area contributed by atoms with Crippen molar-refractivity contribution in [1.82, 2.24) is 25.1 Å². The number of nitrogens with one attached hydrogen (secondary N) is 2. The van der Waals surface area contributed by atoms with E-state index in [1.54, 1.807) is 35.1 Å². The van der Waals surface area contributed by atoms with Crippen molar-refractivity contribution in [1.29, 1.82) is 0 Å². The maximum atomic E-state index is 12.4. The summed E-state index contributed by atoms with van der Waals surface area (Å²) < 4.78 is 42.4. The quantitative estimate of drug-likeness (QED) is 0.378. The number of hydrogen-bond donors (Lipinski definition) is 2. The van der Waals surface area contributed by atoms with E-state index in [2.05, 4.69) is 30.4 Å². The zero-order chi connectivity index (χ0) is 24.1. The third kappa shape index (κ3) is 5.28. The summed E-state index contributed by atoms with van der Waals surface area (Å²) in [5.41, 5.74) is 1.56. The molecule has 0 aliphatic heterocycles. The van der Waals surface area contributed by atoms with E-state index in [0.717, 1.165) is 0 Å². The lowest BCUT2D eigenvalue weighted by Crippen LogP contribution is -2.28. The van der Waals surface area contributed by atoms with E-state index in [1.165, 1.54) is 30.6 Å². The van der Waals surface area contributed by atoms with Crippen molar-refractivity contribution in [3.05, 3.63) is 72.2 Å². The third-order valence-corrected chi connectivity index (χ3v) is 4.73. The first-order valence-electron chi connectivity index (χ1n) is 9.96. The average molecular weight is 470 g/mol. The van der Waals surface area contributed by atoms with Crippen LogP contribution in [0.15, 0.2) is 61.1 Å². The highest BCUT2D eigenvalue weighted by Crippen LogP contribution is 2.27. The molecule has 2 N–H and O–H groups in total. The molecule has 4 rings (SSSR count). The highest BCUT2D eigenvalue weighted by Gasteiger charge is 2.31. The average Bonchev–Trinajstić information content (AvgIpc) is 3.23. The summed E-state index contributed by atoms with van der Waals surface area (Å²) in [4.78, 5) is 31.9. The van der Waals surface area contributed by atoms with Crippen molar-refractivity contribution in [2.45, 2.75) is 12.9 Å². The van der Waals surface area contributed by atoms with Crippen LogP contribution in [0, 0.1) is 0 Å². The minimum Gasteiger partial charge on any atom is -0.406 e. The molecule has 0 fully saturated rings. The number of carbonyl (C=O) groups is 2. The summed E-state index contributed by atoms with van der Waals surface area (Å²) in [5.74, 6) is -0.310. The van der Waals surface area contributed by atoms with E-state index in [0.29, 0.717) is 40.9 Å². The minimum absolute atomic E-state index is 0.232. The van der Waals surface area contributed by atoms with E-state index in [-0.39, 0.29) is 23.8 Å². The van der Waals surface area contributed by atoms with Gasteiger partial charge in [-0.2, -0.15) is 5.10 Å². The van der Waals surface area contributed by atoms with Crippen LogP contribution in [0.2, 0.25) is 0 Å². The van der Waals surface area contributed by atoms with Gasteiger partial charge in [-0.1, -0.05) is 18.2 Å². The highest BCUT2D eigenvalue weighted by molar-refractivity contribution is 6.01. The van der Waals surface area contributed by atoms with Crippen molar-refractivity contribution < 1.29 is 27.5 Å². The second kappa shape index (κ2) is 9.57. The monoisotopic (exact) mass is 470 g/mol. The molecule has 0 bridgehead atoms. The minimum atomic E-state index is -4.76. The molecule has 0 saturated carbocycles.